The van der Waals surface area contributed by atoms with Crippen LogP contribution in [0.5, 0.6) is 5.75 Å². The van der Waals surface area contributed by atoms with Crippen molar-refractivity contribution in [1.82, 2.24) is 4.90 Å². The molecule has 0 aromatic heterocycles. The summed E-state index contributed by atoms with van der Waals surface area (Å²) in [4.78, 5) is 26.4. The van der Waals surface area contributed by atoms with Gasteiger partial charge in [0.1, 0.15) is 18.2 Å². The first-order valence-electron chi connectivity index (χ1n) is 11.6. The molecule has 1 aliphatic rings. The molecule has 7 heteroatoms. The number of rotatable bonds is 7. The summed E-state index contributed by atoms with van der Waals surface area (Å²) in [6.07, 6.45) is 0.200. The number of benzene rings is 3. The second-order valence-electron chi connectivity index (χ2n) is 8.29. The lowest BCUT2D eigenvalue weighted by Crippen LogP contribution is -2.36. The van der Waals surface area contributed by atoms with Gasteiger partial charge in [-0.15, -0.1) is 0 Å². The largest absolute Gasteiger partial charge is 0.496 e. The number of fused-ring (bicyclic) bond motifs is 1. The molecule has 0 aliphatic carbocycles. The Morgan fingerprint density at radius 1 is 1.00 bits per heavy atom. The molecule has 0 saturated carbocycles. The van der Waals surface area contributed by atoms with Crippen LogP contribution in [0.25, 0.3) is 11.1 Å². The summed E-state index contributed by atoms with van der Waals surface area (Å²) >= 11 is 0. The standard InChI is InChI=1S/C28H28FNO5/c1-3-34-26(31)16-20-9-12-25(33-2)22(15-20)27-23-17-30(14-13-21(23)10-11-24(27)29)28(32)35-18-19-7-5-4-6-8-19/h4-12,15H,3,13-14,16-18H2,1-2H3. The van der Waals surface area contributed by atoms with E-state index in [9.17, 15) is 9.59 Å². The Bertz CT molecular complexity index is 1210. The monoisotopic (exact) mass is 477 g/mol. The molecular weight excluding hydrogens is 449 g/mol. The lowest BCUT2D eigenvalue weighted by Gasteiger charge is -2.30. The van der Waals surface area contributed by atoms with Gasteiger partial charge in [-0.1, -0.05) is 42.5 Å². The number of esters is 1. The maximum absolute atomic E-state index is 15.3. The molecular formula is C28H28FNO5. The van der Waals surface area contributed by atoms with Crippen molar-refractivity contribution in [2.75, 3.05) is 20.3 Å². The summed E-state index contributed by atoms with van der Waals surface area (Å²) in [6, 6.07) is 17.9. The van der Waals surface area contributed by atoms with Gasteiger partial charge in [0.05, 0.1) is 20.1 Å². The van der Waals surface area contributed by atoms with Gasteiger partial charge >= 0.3 is 12.1 Å². The molecule has 1 heterocycles. The zero-order valence-electron chi connectivity index (χ0n) is 19.9. The molecule has 6 nitrogen and oxygen atoms in total. The lowest BCUT2D eigenvalue weighted by atomic mass is 9.89. The normalized spacial score (nSPS) is 12.6. The number of hydrogen-bond acceptors (Lipinski definition) is 5. The van der Waals surface area contributed by atoms with Crippen LogP contribution in [0.2, 0.25) is 0 Å². The van der Waals surface area contributed by atoms with E-state index in [1.807, 2.05) is 30.3 Å². The van der Waals surface area contributed by atoms with Crippen LogP contribution in [0.3, 0.4) is 0 Å². The van der Waals surface area contributed by atoms with E-state index in [2.05, 4.69) is 0 Å². The maximum Gasteiger partial charge on any atom is 0.410 e. The molecule has 0 N–H and O–H groups in total. The topological polar surface area (TPSA) is 65.1 Å². The summed E-state index contributed by atoms with van der Waals surface area (Å²) in [6.45, 7) is 2.90. The Hall–Kier alpha value is -3.87. The predicted octanol–water partition coefficient (Wildman–Crippen LogP) is 5.30. The minimum atomic E-state index is -0.447. The first-order valence-corrected chi connectivity index (χ1v) is 11.6. The van der Waals surface area contributed by atoms with E-state index in [1.54, 1.807) is 36.1 Å². The molecule has 35 heavy (non-hydrogen) atoms. The van der Waals surface area contributed by atoms with Gasteiger partial charge in [-0.2, -0.15) is 0 Å². The van der Waals surface area contributed by atoms with Gasteiger partial charge in [-0.05, 0) is 53.8 Å². The number of halogens is 1. The molecule has 3 aromatic carbocycles. The van der Waals surface area contributed by atoms with Gasteiger partial charge < -0.3 is 19.1 Å². The zero-order valence-corrected chi connectivity index (χ0v) is 19.9. The maximum atomic E-state index is 15.3. The summed E-state index contributed by atoms with van der Waals surface area (Å²) in [7, 11) is 1.52. The number of amides is 1. The van der Waals surface area contributed by atoms with Crippen LogP contribution in [-0.2, 0) is 40.3 Å². The van der Waals surface area contributed by atoms with Crippen molar-refractivity contribution in [1.29, 1.82) is 0 Å². The summed E-state index contributed by atoms with van der Waals surface area (Å²) in [5, 5.41) is 0. The van der Waals surface area contributed by atoms with Gasteiger partial charge in [0.2, 0.25) is 0 Å². The molecule has 0 fully saturated rings. The van der Waals surface area contributed by atoms with Crippen molar-refractivity contribution in [3.8, 4) is 16.9 Å². The minimum Gasteiger partial charge on any atom is -0.496 e. The summed E-state index contributed by atoms with van der Waals surface area (Å²) < 4.78 is 31.4. The third kappa shape index (κ3) is 5.62. The van der Waals surface area contributed by atoms with E-state index in [-0.39, 0.29) is 25.5 Å². The molecule has 0 bridgehead atoms. The molecule has 0 unspecified atom stereocenters. The van der Waals surface area contributed by atoms with Crippen molar-refractivity contribution < 1.29 is 28.2 Å². The highest BCUT2D eigenvalue weighted by molar-refractivity contribution is 5.79. The Morgan fingerprint density at radius 3 is 2.54 bits per heavy atom. The van der Waals surface area contributed by atoms with Crippen molar-refractivity contribution in [2.45, 2.75) is 32.9 Å². The Labute approximate surface area is 204 Å². The summed E-state index contributed by atoms with van der Waals surface area (Å²) in [5.41, 5.74) is 4.15. The average molecular weight is 478 g/mol. The number of carbonyl (C=O) groups is 2. The number of nitrogens with zero attached hydrogens (tertiary/aromatic N) is 1. The smallest absolute Gasteiger partial charge is 0.410 e. The highest BCUT2D eigenvalue weighted by atomic mass is 19.1. The molecule has 3 aromatic rings. The van der Waals surface area contributed by atoms with Crippen molar-refractivity contribution in [2.24, 2.45) is 0 Å². The molecule has 0 spiro atoms. The van der Waals surface area contributed by atoms with Crippen molar-refractivity contribution >= 4 is 12.1 Å². The molecule has 4 rings (SSSR count). The highest BCUT2D eigenvalue weighted by Gasteiger charge is 2.27. The van der Waals surface area contributed by atoms with E-state index in [1.165, 1.54) is 13.2 Å². The van der Waals surface area contributed by atoms with Gasteiger partial charge in [-0.25, -0.2) is 9.18 Å². The number of methoxy groups -OCH3 is 1. The fourth-order valence-corrected chi connectivity index (χ4v) is 4.30. The van der Waals surface area contributed by atoms with E-state index in [4.69, 9.17) is 14.2 Å². The third-order valence-corrected chi connectivity index (χ3v) is 6.01. The van der Waals surface area contributed by atoms with Crippen LogP contribution in [-0.4, -0.2) is 37.2 Å². The fraction of sp³-hybridized carbons (Fsp3) is 0.286. The first kappa shape index (κ1) is 24.3. The van der Waals surface area contributed by atoms with E-state index in [0.717, 1.165) is 11.1 Å². The molecule has 0 atom stereocenters. The van der Waals surface area contributed by atoms with Gasteiger partial charge in [0, 0.05) is 24.2 Å². The Kier molecular flexibility index (Phi) is 7.65. The van der Waals surface area contributed by atoms with Gasteiger partial charge in [-0.3, -0.25) is 4.79 Å². The number of carbonyl (C=O) groups excluding carboxylic acids is 2. The van der Waals surface area contributed by atoms with Crippen LogP contribution >= 0.6 is 0 Å². The first-order chi connectivity index (χ1) is 17.0. The van der Waals surface area contributed by atoms with Crippen LogP contribution < -0.4 is 4.74 Å². The van der Waals surface area contributed by atoms with Gasteiger partial charge in [0.25, 0.3) is 0 Å². The van der Waals surface area contributed by atoms with Crippen LogP contribution in [0, 0.1) is 5.82 Å². The molecule has 1 aliphatic heterocycles. The molecule has 0 saturated heterocycles. The number of ether oxygens (including phenoxy) is 3. The fourth-order valence-electron chi connectivity index (χ4n) is 4.30. The quantitative estimate of drug-likeness (QED) is 0.432. The van der Waals surface area contributed by atoms with E-state index < -0.39 is 11.9 Å². The second kappa shape index (κ2) is 11.0. The average Bonchev–Trinajstić information content (AvgIpc) is 2.87. The zero-order chi connectivity index (χ0) is 24.8. The lowest BCUT2D eigenvalue weighted by molar-refractivity contribution is -0.142. The Morgan fingerprint density at radius 2 is 1.80 bits per heavy atom. The Balaban J connectivity index is 1.63. The van der Waals surface area contributed by atoms with Crippen LogP contribution in [0.1, 0.15) is 29.2 Å². The third-order valence-electron chi connectivity index (χ3n) is 6.01. The van der Waals surface area contributed by atoms with Crippen molar-refractivity contribution in [3.63, 3.8) is 0 Å². The molecule has 1 amide bonds. The van der Waals surface area contributed by atoms with E-state index in [0.29, 0.717) is 47.6 Å². The molecule has 0 radical (unpaired) electrons. The number of hydrogen-bond donors (Lipinski definition) is 0. The van der Waals surface area contributed by atoms with Crippen LogP contribution in [0.15, 0.2) is 60.7 Å². The minimum absolute atomic E-state index is 0.0689. The van der Waals surface area contributed by atoms with E-state index >= 15 is 4.39 Å². The molecule has 182 valence electrons. The van der Waals surface area contributed by atoms with Crippen molar-refractivity contribution in [3.05, 3.63) is 88.7 Å². The predicted molar refractivity (Wildman–Crippen MR) is 129 cm³/mol. The SMILES string of the molecule is CCOC(=O)Cc1ccc(OC)c(-c2c(F)ccc3c2CN(C(=O)OCc2ccccc2)CC3)c1. The highest BCUT2D eigenvalue weighted by Crippen LogP contribution is 2.38. The van der Waals surface area contributed by atoms with Crippen LogP contribution in [0.4, 0.5) is 9.18 Å². The van der Waals surface area contributed by atoms with Gasteiger partial charge in [0.15, 0.2) is 0 Å². The second-order valence-corrected chi connectivity index (χ2v) is 8.29. The summed E-state index contributed by atoms with van der Waals surface area (Å²) in [5.74, 6) is -0.296.